The van der Waals surface area contributed by atoms with Crippen LogP contribution in [0.1, 0.15) is 18.4 Å². The smallest absolute Gasteiger partial charge is 0.317 e. The number of carbonyl (C=O) groups is 1. The highest BCUT2D eigenvalue weighted by atomic mass is 16.5. The van der Waals surface area contributed by atoms with Crippen LogP contribution in [0.15, 0.2) is 12.4 Å². The number of ether oxygens (including phenoxy) is 1. The first-order valence-corrected chi connectivity index (χ1v) is 7.25. The van der Waals surface area contributed by atoms with Crippen LogP contribution < -0.4 is 5.32 Å². The average molecular weight is 278 g/mol. The number of nitrogens with zero attached hydrogens (tertiary/aromatic N) is 3. The van der Waals surface area contributed by atoms with Crippen LogP contribution in [0.3, 0.4) is 0 Å². The third-order valence-electron chi connectivity index (χ3n) is 4.34. The zero-order valence-corrected chi connectivity index (χ0v) is 12.0. The van der Waals surface area contributed by atoms with Gasteiger partial charge in [0.1, 0.15) is 0 Å². The molecule has 0 unspecified atom stereocenters. The minimum absolute atomic E-state index is 0.0611. The van der Waals surface area contributed by atoms with Gasteiger partial charge in [-0.25, -0.2) is 4.79 Å². The Morgan fingerprint density at radius 1 is 1.45 bits per heavy atom. The quantitative estimate of drug-likeness (QED) is 0.889. The van der Waals surface area contributed by atoms with Crippen LogP contribution >= 0.6 is 0 Å². The molecule has 0 bridgehead atoms. The highest BCUT2D eigenvalue weighted by molar-refractivity contribution is 5.75. The van der Waals surface area contributed by atoms with Crippen molar-refractivity contribution in [1.29, 1.82) is 0 Å². The van der Waals surface area contributed by atoms with Gasteiger partial charge in [0.15, 0.2) is 0 Å². The second-order valence-electron chi connectivity index (χ2n) is 5.97. The Hall–Kier alpha value is -1.56. The number of hydrogen-bond acceptors (Lipinski definition) is 3. The molecule has 2 saturated heterocycles. The molecule has 2 amide bonds. The van der Waals surface area contributed by atoms with Crippen molar-refractivity contribution < 1.29 is 9.53 Å². The molecule has 6 heteroatoms. The lowest BCUT2D eigenvalue weighted by molar-refractivity contribution is -0.0615. The van der Waals surface area contributed by atoms with Crippen molar-refractivity contribution in [3.63, 3.8) is 0 Å². The first kappa shape index (κ1) is 13.4. The Kier molecular flexibility index (Phi) is 3.65. The minimum atomic E-state index is 0.0611. The van der Waals surface area contributed by atoms with Crippen LogP contribution in [0.25, 0.3) is 0 Å². The van der Waals surface area contributed by atoms with Crippen molar-refractivity contribution >= 4 is 6.03 Å². The van der Waals surface area contributed by atoms with Crippen molar-refractivity contribution in [1.82, 2.24) is 20.0 Å². The van der Waals surface area contributed by atoms with Crippen molar-refractivity contribution in [2.45, 2.75) is 19.3 Å². The number of amides is 2. The molecule has 1 spiro atoms. The first-order chi connectivity index (χ1) is 9.67. The molecule has 0 atom stereocenters. The summed E-state index contributed by atoms with van der Waals surface area (Å²) in [4.78, 5) is 13.9. The largest absolute Gasteiger partial charge is 0.381 e. The summed E-state index contributed by atoms with van der Waals surface area (Å²) in [5.41, 5.74) is 1.50. The second-order valence-corrected chi connectivity index (χ2v) is 5.97. The molecule has 3 rings (SSSR count). The molecule has 6 nitrogen and oxygen atoms in total. The Labute approximate surface area is 119 Å². The van der Waals surface area contributed by atoms with Gasteiger partial charge in [0.25, 0.3) is 0 Å². The predicted molar refractivity (Wildman–Crippen MR) is 74.4 cm³/mol. The van der Waals surface area contributed by atoms with Gasteiger partial charge in [0.2, 0.25) is 0 Å². The topological polar surface area (TPSA) is 59.4 Å². The summed E-state index contributed by atoms with van der Waals surface area (Å²) >= 11 is 0. The molecular weight excluding hydrogens is 256 g/mol. The number of carbonyl (C=O) groups excluding carboxylic acids is 1. The molecule has 20 heavy (non-hydrogen) atoms. The maximum atomic E-state index is 12.0. The van der Waals surface area contributed by atoms with E-state index in [0.717, 1.165) is 51.1 Å². The van der Waals surface area contributed by atoms with Gasteiger partial charge in [-0.15, -0.1) is 0 Å². The number of nitrogens with one attached hydrogen (secondary N) is 1. The van der Waals surface area contributed by atoms with Gasteiger partial charge in [-0.05, 0) is 24.8 Å². The highest BCUT2D eigenvalue weighted by Gasteiger charge is 2.45. The Balaban J connectivity index is 1.38. The minimum Gasteiger partial charge on any atom is -0.381 e. The fraction of sp³-hybridized carbons (Fsp3) is 0.714. The second kappa shape index (κ2) is 5.44. The Morgan fingerprint density at radius 2 is 2.20 bits per heavy atom. The zero-order valence-electron chi connectivity index (χ0n) is 12.0. The molecule has 3 heterocycles. The molecule has 2 aliphatic heterocycles. The van der Waals surface area contributed by atoms with Gasteiger partial charge in [-0.1, -0.05) is 0 Å². The summed E-state index contributed by atoms with van der Waals surface area (Å²) < 4.78 is 7.16. The lowest BCUT2D eigenvalue weighted by Crippen LogP contribution is -2.62. The van der Waals surface area contributed by atoms with E-state index in [-0.39, 0.29) is 6.03 Å². The summed E-state index contributed by atoms with van der Waals surface area (Å²) in [5.74, 6) is 0. The lowest BCUT2D eigenvalue weighted by Gasteiger charge is -2.51. The third kappa shape index (κ3) is 2.80. The van der Waals surface area contributed by atoms with Crippen molar-refractivity contribution in [2.24, 2.45) is 12.5 Å². The lowest BCUT2D eigenvalue weighted by atomic mass is 9.73. The maximum Gasteiger partial charge on any atom is 0.317 e. The summed E-state index contributed by atoms with van der Waals surface area (Å²) in [6.45, 7) is 4.12. The van der Waals surface area contributed by atoms with Crippen molar-refractivity contribution in [2.75, 3.05) is 32.8 Å². The predicted octanol–water partition coefficient (Wildman–Crippen LogP) is 0.785. The molecular formula is C14H22N4O2. The van der Waals surface area contributed by atoms with Crippen molar-refractivity contribution in [3.8, 4) is 0 Å². The summed E-state index contributed by atoms with van der Waals surface area (Å²) in [6.07, 6.45) is 6.82. The van der Waals surface area contributed by atoms with Crippen molar-refractivity contribution in [3.05, 3.63) is 18.0 Å². The molecule has 0 aromatic carbocycles. The fourth-order valence-electron chi connectivity index (χ4n) is 3.05. The number of hydrogen-bond donors (Lipinski definition) is 1. The van der Waals surface area contributed by atoms with Gasteiger partial charge in [-0.3, -0.25) is 4.68 Å². The first-order valence-electron chi connectivity index (χ1n) is 7.25. The Bertz CT molecular complexity index is 471. The SMILES string of the molecule is Cn1cc(CCNC(=O)N2CC3(CCOCC3)C2)cn1. The molecule has 1 aromatic heterocycles. The van der Waals surface area contributed by atoms with Crippen LogP contribution in [0.5, 0.6) is 0 Å². The van der Waals surface area contributed by atoms with Gasteiger partial charge in [-0.2, -0.15) is 5.10 Å². The van der Waals surface area contributed by atoms with E-state index in [1.807, 2.05) is 24.3 Å². The van der Waals surface area contributed by atoms with E-state index in [1.54, 1.807) is 4.68 Å². The number of urea groups is 1. The van der Waals surface area contributed by atoms with E-state index >= 15 is 0 Å². The number of rotatable bonds is 3. The average Bonchev–Trinajstić information content (AvgIpc) is 2.82. The van der Waals surface area contributed by atoms with E-state index < -0.39 is 0 Å². The third-order valence-corrected chi connectivity index (χ3v) is 4.34. The maximum absolute atomic E-state index is 12.0. The van der Waals surface area contributed by atoms with Gasteiger partial charge in [0.05, 0.1) is 6.20 Å². The highest BCUT2D eigenvalue weighted by Crippen LogP contribution is 2.39. The summed E-state index contributed by atoms with van der Waals surface area (Å²) in [7, 11) is 1.90. The van der Waals surface area contributed by atoms with Gasteiger partial charge >= 0.3 is 6.03 Å². The molecule has 0 radical (unpaired) electrons. The number of likely N-dealkylation sites (tertiary alicyclic amines) is 1. The molecule has 2 fully saturated rings. The van der Waals surface area contributed by atoms with E-state index in [0.29, 0.717) is 12.0 Å². The van der Waals surface area contributed by atoms with Crippen LogP contribution in [0.4, 0.5) is 4.79 Å². The number of aromatic nitrogens is 2. The standard InChI is InChI=1S/C14H22N4O2/c1-17-9-12(8-16-17)2-5-15-13(19)18-10-14(11-18)3-6-20-7-4-14/h8-9H,2-7,10-11H2,1H3,(H,15,19). The van der Waals surface area contributed by atoms with Gasteiger partial charge in [0, 0.05) is 51.5 Å². The molecule has 1 N–H and O–H groups in total. The fourth-order valence-corrected chi connectivity index (χ4v) is 3.05. The van der Waals surface area contributed by atoms with Crippen LogP contribution in [-0.4, -0.2) is 53.6 Å². The van der Waals surface area contributed by atoms with E-state index in [1.165, 1.54) is 0 Å². The van der Waals surface area contributed by atoms with E-state index in [2.05, 4.69) is 10.4 Å². The molecule has 2 aliphatic rings. The molecule has 0 saturated carbocycles. The molecule has 110 valence electrons. The number of aryl methyl sites for hydroxylation is 1. The van der Waals surface area contributed by atoms with Crippen LogP contribution in [0, 0.1) is 5.41 Å². The van der Waals surface area contributed by atoms with E-state index in [4.69, 9.17) is 4.74 Å². The summed E-state index contributed by atoms with van der Waals surface area (Å²) in [6, 6.07) is 0.0611. The molecule has 0 aliphatic carbocycles. The summed E-state index contributed by atoms with van der Waals surface area (Å²) in [5, 5.41) is 7.10. The monoisotopic (exact) mass is 278 g/mol. The molecule has 1 aromatic rings. The van der Waals surface area contributed by atoms with Gasteiger partial charge < -0.3 is 15.0 Å². The normalized spacial score (nSPS) is 20.8. The van der Waals surface area contributed by atoms with Crippen LogP contribution in [-0.2, 0) is 18.2 Å². The zero-order chi connectivity index (χ0) is 14.0. The Morgan fingerprint density at radius 3 is 2.85 bits per heavy atom. The van der Waals surface area contributed by atoms with E-state index in [9.17, 15) is 4.79 Å². The van der Waals surface area contributed by atoms with Crippen LogP contribution in [0.2, 0.25) is 0 Å².